The fourth-order valence-corrected chi connectivity index (χ4v) is 1.04. The molecule has 0 N–H and O–H groups in total. The van der Waals surface area contributed by atoms with E-state index in [2.05, 4.69) is 12.8 Å². The molecule has 1 aliphatic rings. The molecule has 72 valence electrons. The van der Waals surface area contributed by atoms with Crippen LogP contribution in [0.15, 0.2) is 0 Å². The molecule has 0 aliphatic carbocycles. The largest absolute Gasteiger partial charge is 1.00 e. The first-order valence-corrected chi connectivity index (χ1v) is 3.89. The summed E-state index contributed by atoms with van der Waals surface area (Å²) in [6.07, 6.45) is 7.81. The van der Waals surface area contributed by atoms with Crippen molar-refractivity contribution < 1.29 is 26.5 Å². The van der Waals surface area contributed by atoms with Gasteiger partial charge in [0.05, 0.1) is 0 Å². The molecule has 1 rings (SSSR count). The molecule has 1 aliphatic heterocycles. The molecule has 0 aromatic rings. The van der Waals surface area contributed by atoms with Gasteiger partial charge in [-0.1, -0.05) is 0 Å². The van der Waals surface area contributed by atoms with Crippen molar-refractivity contribution in [2.45, 2.75) is 31.7 Å². The van der Waals surface area contributed by atoms with Crippen LogP contribution in [0.3, 0.4) is 0 Å². The second-order valence-corrected chi connectivity index (χ2v) is 2.59. The number of hydrogen-bond donors (Lipinski definition) is 0. The molecular formula is C9H13CuO2. The molecule has 2 nitrogen and oxygen atoms in total. The zero-order chi connectivity index (χ0) is 8.10. The first-order chi connectivity index (χ1) is 5.33. The summed E-state index contributed by atoms with van der Waals surface area (Å²) in [5.41, 5.74) is 0. The van der Waals surface area contributed by atoms with E-state index in [1.165, 1.54) is 0 Å². The molecule has 0 radical (unpaired) electrons. The van der Waals surface area contributed by atoms with Crippen molar-refractivity contribution in [2.24, 2.45) is 0 Å². The minimum atomic E-state index is -0.377. The van der Waals surface area contributed by atoms with Gasteiger partial charge in [-0.3, -0.25) is 0 Å². The predicted octanol–water partition coefficient (Wildman–Crippen LogP) is 1.36. The van der Waals surface area contributed by atoms with Crippen molar-refractivity contribution in [2.75, 3.05) is 6.61 Å². The number of ether oxygens (including phenoxy) is 2. The maximum atomic E-state index is 5.29. The second kappa shape index (κ2) is 6.51. The van der Waals surface area contributed by atoms with Crippen molar-refractivity contribution >= 4 is 0 Å². The van der Waals surface area contributed by atoms with E-state index in [9.17, 15) is 0 Å². The Morgan fingerprint density at radius 2 is 2.33 bits per heavy atom. The third kappa shape index (κ3) is 4.13. The first-order valence-electron chi connectivity index (χ1n) is 3.89. The summed E-state index contributed by atoms with van der Waals surface area (Å²) < 4.78 is 10.6. The van der Waals surface area contributed by atoms with E-state index >= 15 is 0 Å². The summed E-state index contributed by atoms with van der Waals surface area (Å²) in [5.74, 6) is 2.40. The third-order valence-electron chi connectivity index (χ3n) is 1.64. The Morgan fingerprint density at radius 1 is 1.58 bits per heavy atom. The molecular weight excluding hydrogens is 204 g/mol. The van der Waals surface area contributed by atoms with E-state index in [1.54, 1.807) is 0 Å². The summed E-state index contributed by atoms with van der Waals surface area (Å²) in [6.45, 7) is 4.39. The minimum Gasteiger partial charge on any atom is -0.369 e. The van der Waals surface area contributed by atoms with Crippen LogP contribution in [-0.2, 0) is 26.5 Å². The maximum absolute atomic E-state index is 5.29. The Labute approximate surface area is 84.5 Å². The summed E-state index contributed by atoms with van der Waals surface area (Å²) in [5, 5.41) is 0. The van der Waals surface area contributed by atoms with Crippen LogP contribution < -0.4 is 0 Å². The summed E-state index contributed by atoms with van der Waals surface area (Å²) >= 11 is 0. The second-order valence-electron chi connectivity index (χ2n) is 2.59. The van der Waals surface area contributed by atoms with Gasteiger partial charge in [-0.05, 0) is 25.4 Å². The van der Waals surface area contributed by atoms with Gasteiger partial charge in [-0.15, -0.1) is 12.3 Å². The molecule has 2 atom stereocenters. The van der Waals surface area contributed by atoms with E-state index in [0.29, 0.717) is 0 Å². The number of hydrogen-bond acceptors (Lipinski definition) is 2. The molecule has 0 aromatic carbocycles. The molecule has 0 bridgehead atoms. The van der Waals surface area contributed by atoms with Crippen LogP contribution in [0.4, 0.5) is 0 Å². The van der Waals surface area contributed by atoms with Gasteiger partial charge in [0.2, 0.25) is 0 Å². The molecule has 12 heavy (non-hydrogen) atoms. The number of rotatable bonds is 2. The van der Waals surface area contributed by atoms with Crippen LogP contribution in [0, 0.1) is 19.3 Å². The molecule has 0 amide bonds. The van der Waals surface area contributed by atoms with Gasteiger partial charge in [0, 0.05) is 6.61 Å². The standard InChI is InChI=1S/C9H13O2.Cu/c1-3-8(2)11-9-6-4-5-7-10-9;/h1,8-9H,2,4-7H2;/q-1;+1. The average molecular weight is 217 g/mol. The normalized spacial score (nSPS) is 25.2. The summed E-state index contributed by atoms with van der Waals surface area (Å²) in [4.78, 5) is 0. The molecule has 2 unspecified atom stereocenters. The number of terminal acetylenes is 1. The summed E-state index contributed by atoms with van der Waals surface area (Å²) in [6, 6.07) is 0. The van der Waals surface area contributed by atoms with Crippen molar-refractivity contribution in [1.29, 1.82) is 0 Å². The zero-order valence-corrected chi connectivity index (χ0v) is 7.83. The molecule has 0 saturated carbocycles. The van der Waals surface area contributed by atoms with Crippen molar-refractivity contribution in [3.05, 3.63) is 6.92 Å². The van der Waals surface area contributed by atoms with Crippen LogP contribution >= 0.6 is 0 Å². The van der Waals surface area contributed by atoms with Crippen molar-refractivity contribution in [3.63, 3.8) is 0 Å². The SMILES string of the molecule is C#CC([CH2-])OC1CCCCO1.[Cu+]. The molecule has 0 aromatic heterocycles. The third-order valence-corrected chi connectivity index (χ3v) is 1.64. The van der Waals surface area contributed by atoms with Crippen molar-refractivity contribution in [3.8, 4) is 12.3 Å². The maximum Gasteiger partial charge on any atom is 1.00 e. The molecule has 1 saturated heterocycles. The zero-order valence-electron chi connectivity index (χ0n) is 6.89. The Kier molecular flexibility index (Phi) is 6.51. The van der Waals surface area contributed by atoms with Crippen LogP contribution in [-0.4, -0.2) is 19.0 Å². The van der Waals surface area contributed by atoms with E-state index in [4.69, 9.17) is 15.9 Å². The Morgan fingerprint density at radius 3 is 2.83 bits per heavy atom. The van der Waals surface area contributed by atoms with Gasteiger partial charge in [0.15, 0.2) is 6.29 Å². The quantitative estimate of drug-likeness (QED) is 0.394. The molecule has 1 fully saturated rings. The van der Waals surface area contributed by atoms with Crippen LogP contribution in [0.2, 0.25) is 0 Å². The van der Waals surface area contributed by atoms with E-state index in [1.807, 2.05) is 0 Å². The Balaban J connectivity index is 0.00000121. The smallest absolute Gasteiger partial charge is 0.369 e. The summed E-state index contributed by atoms with van der Waals surface area (Å²) in [7, 11) is 0. The van der Waals surface area contributed by atoms with Gasteiger partial charge in [0.25, 0.3) is 0 Å². The van der Waals surface area contributed by atoms with Gasteiger partial charge >= 0.3 is 17.1 Å². The fraction of sp³-hybridized carbons (Fsp3) is 0.667. The van der Waals surface area contributed by atoms with Crippen LogP contribution in [0.25, 0.3) is 0 Å². The Bertz CT molecular complexity index is 147. The van der Waals surface area contributed by atoms with Crippen LogP contribution in [0.1, 0.15) is 19.3 Å². The predicted molar refractivity (Wildman–Crippen MR) is 42.7 cm³/mol. The van der Waals surface area contributed by atoms with Gasteiger partial charge in [-0.2, -0.15) is 0 Å². The molecule has 1 heterocycles. The van der Waals surface area contributed by atoms with Crippen LogP contribution in [0.5, 0.6) is 0 Å². The first kappa shape index (κ1) is 12.0. The van der Waals surface area contributed by atoms with E-state index < -0.39 is 0 Å². The Hall–Kier alpha value is -0.000519. The topological polar surface area (TPSA) is 18.5 Å². The molecule has 0 spiro atoms. The minimum absolute atomic E-state index is 0. The van der Waals surface area contributed by atoms with Gasteiger partial charge < -0.3 is 16.4 Å². The van der Waals surface area contributed by atoms with Gasteiger partial charge in [-0.25, -0.2) is 0 Å². The fourth-order valence-electron chi connectivity index (χ4n) is 1.04. The van der Waals surface area contributed by atoms with E-state index in [0.717, 1.165) is 25.9 Å². The molecule has 3 heteroatoms. The average Bonchev–Trinajstić information content (AvgIpc) is 2.06. The van der Waals surface area contributed by atoms with Gasteiger partial charge in [0.1, 0.15) is 0 Å². The van der Waals surface area contributed by atoms with Crippen molar-refractivity contribution in [1.82, 2.24) is 0 Å². The monoisotopic (exact) mass is 216 g/mol. The van der Waals surface area contributed by atoms with E-state index in [-0.39, 0.29) is 29.5 Å².